The molecular formula is C12H16FN2O7P. The lowest BCUT2D eigenvalue weighted by Crippen LogP contribution is -2.34. The highest BCUT2D eigenvalue weighted by molar-refractivity contribution is 7.48. The Morgan fingerprint density at radius 2 is 2.17 bits per heavy atom. The van der Waals surface area contributed by atoms with Crippen molar-refractivity contribution in [3.8, 4) is 0 Å². The third kappa shape index (κ3) is 3.31. The van der Waals surface area contributed by atoms with E-state index < -0.39 is 43.3 Å². The van der Waals surface area contributed by atoms with Crippen molar-refractivity contribution in [2.45, 2.75) is 44.8 Å². The van der Waals surface area contributed by atoms with E-state index in [1.807, 2.05) is 4.98 Å². The number of nitrogens with zero attached hydrogens (tertiary/aromatic N) is 1. The fraction of sp³-hybridized carbons (Fsp3) is 0.667. The third-order valence-electron chi connectivity index (χ3n) is 3.42. The van der Waals surface area contributed by atoms with Gasteiger partial charge in [0, 0.05) is 6.42 Å². The summed E-state index contributed by atoms with van der Waals surface area (Å²) in [7, 11) is -3.69. The standard InChI is InChI=1S/C12H16FN2O7P/c1-6(2)21-23(18)19-5-9-8(22-23)3-10(20-9)15-4-7(13)11(16)14-12(15)17/h4,6,8-10H,3,5H2,1-2H3,(H,14,16,17)/t8-,9+,10+,23?/m0/s1. The summed E-state index contributed by atoms with van der Waals surface area (Å²) in [4.78, 5) is 24.7. The van der Waals surface area contributed by atoms with E-state index in [9.17, 15) is 18.5 Å². The van der Waals surface area contributed by atoms with E-state index >= 15 is 0 Å². The van der Waals surface area contributed by atoms with Crippen LogP contribution in [0.1, 0.15) is 26.5 Å². The number of H-pyrrole nitrogens is 1. The minimum absolute atomic E-state index is 0.0360. The Morgan fingerprint density at radius 1 is 1.43 bits per heavy atom. The van der Waals surface area contributed by atoms with Crippen molar-refractivity contribution in [2.75, 3.05) is 6.61 Å². The van der Waals surface area contributed by atoms with Crippen molar-refractivity contribution in [1.82, 2.24) is 9.55 Å². The fourth-order valence-electron chi connectivity index (χ4n) is 2.48. The summed E-state index contributed by atoms with van der Waals surface area (Å²) >= 11 is 0. The number of aromatic amines is 1. The van der Waals surface area contributed by atoms with Crippen LogP contribution < -0.4 is 11.2 Å². The van der Waals surface area contributed by atoms with Gasteiger partial charge in [0.05, 0.1) is 18.9 Å². The van der Waals surface area contributed by atoms with Gasteiger partial charge in [-0.05, 0) is 13.8 Å². The average Bonchev–Trinajstić information content (AvgIpc) is 2.83. The van der Waals surface area contributed by atoms with Gasteiger partial charge in [0.2, 0.25) is 5.82 Å². The summed E-state index contributed by atoms with van der Waals surface area (Å²) in [5.74, 6) is -1.10. The van der Waals surface area contributed by atoms with Gasteiger partial charge in [-0.25, -0.2) is 9.36 Å². The van der Waals surface area contributed by atoms with Gasteiger partial charge in [0.1, 0.15) is 18.4 Å². The largest absolute Gasteiger partial charge is 0.475 e. The van der Waals surface area contributed by atoms with Crippen LogP contribution in [0, 0.1) is 5.82 Å². The van der Waals surface area contributed by atoms with Gasteiger partial charge < -0.3 is 4.74 Å². The molecule has 0 aliphatic carbocycles. The molecule has 1 N–H and O–H groups in total. The summed E-state index contributed by atoms with van der Waals surface area (Å²) in [6, 6.07) is 0. The van der Waals surface area contributed by atoms with Crippen LogP contribution in [-0.4, -0.2) is 34.5 Å². The Hall–Kier alpha value is -1.32. The molecule has 4 atom stereocenters. The zero-order valence-electron chi connectivity index (χ0n) is 12.4. The molecule has 0 saturated carbocycles. The molecule has 9 nitrogen and oxygen atoms in total. The van der Waals surface area contributed by atoms with Crippen molar-refractivity contribution in [3.63, 3.8) is 0 Å². The first-order valence-corrected chi connectivity index (χ1v) is 8.51. The molecule has 2 fully saturated rings. The topological polar surface area (TPSA) is 109 Å². The lowest BCUT2D eigenvalue weighted by Gasteiger charge is -2.30. The van der Waals surface area contributed by atoms with Crippen LogP contribution >= 0.6 is 7.82 Å². The number of hydrogen-bond donors (Lipinski definition) is 1. The molecule has 2 aliphatic heterocycles. The van der Waals surface area contributed by atoms with E-state index in [0.717, 1.165) is 10.8 Å². The highest BCUT2D eigenvalue weighted by Crippen LogP contribution is 2.57. The fourth-order valence-corrected chi connectivity index (χ4v) is 4.05. The van der Waals surface area contributed by atoms with Gasteiger partial charge in [-0.15, -0.1) is 0 Å². The Labute approximate surface area is 129 Å². The van der Waals surface area contributed by atoms with Crippen LogP contribution in [0.15, 0.2) is 15.8 Å². The maximum absolute atomic E-state index is 13.4. The smallest absolute Gasteiger partial charge is 0.349 e. The number of nitrogens with one attached hydrogen (secondary N) is 1. The van der Waals surface area contributed by atoms with Gasteiger partial charge in [-0.3, -0.25) is 27.9 Å². The van der Waals surface area contributed by atoms with Gasteiger partial charge in [0.15, 0.2) is 0 Å². The van der Waals surface area contributed by atoms with Crippen molar-refractivity contribution < 1.29 is 27.3 Å². The van der Waals surface area contributed by atoms with E-state index in [4.69, 9.17) is 18.3 Å². The molecule has 3 heterocycles. The molecular weight excluding hydrogens is 334 g/mol. The summed E-state index contributed by atoms with van der Waals surface area (Å²) in [5.41, 5.74) is -1.90. The maximum Gasteiger partial charge on any atom is 0.475 e. The lowest BCUT2D eigenvalue weighted by molar-refractivity contribution is -0.0750. The molecule has 23 heavy (non-hydrogen) atoms. The van der Waals surface area contributed by atoms with E-state index in [-0.39, 0.29) is 19.1 Å². The predicted molar refractivity (Wildman–Crippen MR) is 74.5 cm³/mol. The second kappa shape index (κ2) is 5.95. The van der Waals surface area contributed by atoms with Crippen molar-refractivity contribution in [2.24, 2.45) is 0 Å². The SMILES string of the molecule is CC(C)OP1(=O)OC[C@H]2O[C@@H](n3cc(F)c(=O)[nH]c3=O)C[C@@H]2O1. The molecule has 0 amide bonds. The zero-order valence-corrected chi connectivity index (χ0v) is 13.3. The predicted octanol–water partition coefficient (Wildman–Crippen LogP) is 0.912. The number of aromatic nitrogens is 2. The van der Waals surface area contributed by atoms with Crippen molar-refractivity contribution in [3.05, 3.63) is 32.9 Å². The highest BCUT2D eigenvalue weighted by atomic mass is 31.2. The molecule has 2 saturated heterocycles. The molecule has 128 valence electrons. The zero-order chi connectivity index (χ0) is 16.8. The van der Waals surface area contributed by atoms with E-state index in [1.165, 1.54) is 0 Å². The number of phosphoric acid groups is 1. The van der Waals surface area contributed by atoms with Crippen LogP contribution in [0.4, 0.5) is 4.39 Å². The highest BCUT2D eigenvalue weighted by Gasteiger charge is 2.48. The van der Waals surface area contributed by atoms with Crippen LogP contribution in [0.2, 0.25) is 0 Å². The molecule has 1 unspecified atom stereocenters. The maximum atomic E-state index is 13.4. The van der Waals surface area contributed by atoms with Crippen LogP contribution in [0.25, 0.3) is 0 Å². The molecule has 3 rings (SSSR count). The third-order valence-corrected chi connectivity index (χ3v) is 5.09. The number of rotatable bonds is 3. The average molecular weight is 350 g/mol. The Balaban J connectivity index is 1.79. The number of phosphoric ester groups is 1. The van der Waals surface area contributed by atoms with E-state index in [2.05, 4.69) is 0 Å². The number of hydrogen-bond acceptors (Lipinski definition) is 7. The summed E-state index contributed by atoms with van der Waals surface area (Å²) in [6.45, 7) is 3.34. The molecule has 1 aromatic heterocycles. The minimum Gasteiger partial charge on any atom is -0.349 e. The lowest BCUT2D eigenvalue weighted by atomic mass is 10.2. The van der Waals surface area contributed by atoms with Gasteiger partial charge in [-0.1, -0.05) is 0 Å². The van der Waals surface area contributed by atoms with Crippen LogP contribution in [0.5, 0.6) is 0 Å². The second-order valence-corrected chi connectivity index (χ2v) is 7.12. The first-order chi connectivity index (χ1) is 10.8. The van der Waals surface area contributed by atoms with E-state index in [0.29, 0.717) is 0 Å². The molecule has 0 radical (unpaired) electrons. The second-order valence-electron chi connectivity index (χ2n) is 5.55. The van der Waals surface area contributed by atoms with Crippen LogP contribution in [-0.2, 0) is 22.9 Å². The molecule has 0 spiro atoms. The quantitative estimate of drug-likeness (QED) is 0.807. The molecule has 11 heteroatoms. The molecule has 2 aliphatic rings. The molecule has 1 aromatic rings. The normalized spacial score (nSPS) is 33.8. The number of halogens is 1. The Kier molecular flexibility index (Phi) is 4.28. The summed E-state index contributed by atoms with van der Waals surface area (Å²) in [5, 5.41) is 0. The Bertz CT molecular complexity index is 761. The van der Waals surface area contributed by atoms with E-state index in [1.54, 1.807) is 13.8 Å². The summed E-state index contributed by atoms with van der Waals surface area (Å²) in [6.07, 6.45) is -1.50. The van der Waals surface area contributed by atoms with Crippen molar-refractivity contribution >= 4 is 7.82 Å². The van der Waals surface area contributed by atoms with Gasteiger partial charge in [0.25, 0.3) is 5.56 Å². The first-order valence-electron chi connectivity index (χ1n) is 7.05. The van der Waals surface area contributed by atoms with Gasteiger partial charge in [-0.2, -0.15) is 4.39 Å². The number of fused-ring (bicyclic) bond motifs is 1. The number of ether oxygens (including phenoxy) is 1. The minimum atomic E-state index is -3.69. The Morgan fingerprint density at radius 3 is 2.87 bits per heavy atom. The van der Waals surface area contributed by atoms with Gasteiger partial charge >= 0.3 is 13.5 Å². The first kappa shape index (κ1) is 16.5. The van der Waals surface area contributed by atoms with Crippen molar-refractivity contribution in [1.29, 1.82) is 0 Å². The monoisotopic (exact) mass is 350 g/mol. The molecule has 0 aromatic carbocycles. The summed E-state index contributed by atoms with van der Waals surface area (Å²) < 4.78 is 47.8. The van der Waals surface area contributed by atoms with Crippen LogP contribution in [0.3, 0.4) is 0 Å². The molecule has 0 bridgehead atoms.